The third kappa shape index (κ3) is 6.67. The summed E-state index contributed by atoms with van der Waals surface area (Å²) in [6, 6.07) is 7.07. The molecule has 1 aliphatic rings. The van der Waals surface area contributed by atoms with Gasteiger partial charge in [-0.05, 0) is 48.7 Å². The number of aromatic nitrogens is 3. The largest absolute Gasteiger partial charge is 0.467 e. The van der Waals surface area contributed by atoms with E-state index in [9.17, 15) is 31.2 Å². The van der Waals surface area contributed by atoms with Crippen LogP contribution in [0.15, 0.2) is 36.5 Å². The van der Waals surface area contributed by atoms with Gasteiger partial charge < -0.3 is 4.74 Å². The maximum atomic E-state index is 13.6. The van der Waals surface area contributed by atoms with Crippen molar-refractivity contribution in [1.29, 1.82) is 0 Å². The molecule has 1 aromatic carbocycles. The third-order valence-corrected chi connectivity index (χ3v) is 9.33. The number of nitrogens with zero attached hydrogens (tertiary/aromatic N) is 3. The van der Waals surface area contributed by atoms with Gasteiger partial charge in [0.2, 0.25) is 5.88 Å². The molecule has 3 heterocycles. The molecule has 8 nitrogen and oxygen atoms in total. The molecule has 0 N–H and O–H groups in total. The van der Waals surface area contributed by atoms with Gasteiger partial charge in [0, 0.05) is 41.1 Å². The van der Waals surface area contributed by atoms with Crippen molar-refractivity contribution in [1.82, 2.24) is 14.8 Å². The topological polar surface area (TPSA) is 108 Å². The van der Waals surface area contributed by atoms with Crippen molar-refractivity contribution in [3.8, 4) is 11.7 Å². The summed E-state index contributed by atoms with van der Waals surface area (Å²) >= 11 is 12.5. The Morgan fingerprint density at radius 3 is 2.45 bits per heavy atom. The zero-order chi connectivity index (χ0) is 29.5. The van der Waals surface area contributed by atoms with Gasteiger partial charge >= 0.3 is 6.18 Å². The highest BCUT2D eigenvalue weighted by molar-refractivity contribution is 7.92. The van der Waals surface area contributed by atoms with Gasteiger partial charge in [-0.25, -0.2) is 18.1 Å². The smallest absolute Gasteiger partial charge is 0.422 e. The van der Waals surface area contributed by atoms with Crippen LogP contribution in [0, 0.1) is 12.3 Å². The number of hydrogen-bond donors (Lipinski definition) is 0. The molecule has 1 fully saturated rings. The molecule has 14 heteroatoms. The minimum Gasteiger partial charge on any atom is -0.467 e. The normalized spacial score (nSPS) is 15.9. The van der Waals surface area contributed by atoms with Crippen LogP contribution in [0.3, 0.4) is 0 Å². The molecule has 0 spiro atoms. The molecule has 2 aromatic heterocycles. The SMILES string of the molecule is CCC1(CC(=O)c2cc(Cl)cc(C)c2CC(=O)c2cc(OCC(F)(F)F)nn2-c2ncccc2Cl)CS(=O)(=O)C1. The predicted molar refractivity (Wildman–Crippen MR) is 142 cm³/mol. The second-order valence-corrected chi connectivity index (χ2v) is 12.7. The van der Waals surface area contributed by atoms with E-state index in [0.29, 0.717) is 17.5 Å². The van der Waals surface area contributed by atoms with Crippen LogP contribution >= 0.6 is 23.2 Å². The van der Waals surface area contributed by atoms with Crippen LogP contribution < -0.4 is 4.74 Å². The molecule has 0 aliphatic carbocycles. The first-order valence-electron chi connectivity index (χ1n) is 12.1. The van der Waals surface area contributed by atoms with Gasteiger partial charge in [-0.1, -0.05) is 30.1 Å². The minimum absolute atomic E-state index is 0.00502. The highest BCUT2D eigenvalue weighted by atomic mass is 35.5. The average Bonchev–Trinajstić information content (AvgIpc) is 3.27. The molecule has 0 unspecified atom stereocenters. The molecule has 4 rings (SSSR count). The van der Waals surface area contributed by atoms with Gasteiger partial charge in [-0.3, -0.25) is 9.59 Å². The average molecular weight is 618 g/mol. The Balaban J connectivity index is 1.70. The number of Topliss-reactive ketones (excluding diaryl/α,β-unsaturated/α-hetero) is 2. The second-order valence-electron chi connectivity index (χ2n) is 9.83. The Labute approximate surface area is 238 Å². The van der Waals surface area contributed by atoms with Crippen LogP contribution in [-0.4, -0.2) is 59.0 Å². The number of halogens is 5. The zero-order valence-corrected chi connectivity index (χ0v) is 23.7. The third-order valence-electron chi connectivity index (χ3n) is 6.71. The van der Waals surface area contributed by atoms with Crippen LogP contribution in [0.5, 0.6) is 5.88 Å². The van der Waals surface area contributed by atoms with Crippen LogP contribution in [-0.2, 0) is 16.3 Å². The maximum Gasteiger partial charge on any atom is 0.422 e. The Morgan fingerprint density at radius 2 is 1.85 bits per heavy atom. The molecular weight excluding hydrogens is 594 g/mol. The first-order valence-corrected chi connectivity index (χ1v) is 14.7. The number of aryl methyl sites for hydroxylation is 1. The quantitative estimate of drug-likeness (QED) is 0.271. The number of hydrogen-bond acceptors (Lipinski definition) is 7. The lowest BCUT2D eigenvalue weighted by molar-refractivity contribution is -0.154. The van der Waals surface area contributed by atoms with Crippen LogP contribution in [0.2, 0.25) is 10.0 Å². The van der Waals surface area contributed by atoms with Crippen molar-refractivity contribution in [3.05, 3.63) is 69.0 Å². The minimum atomic E-state index is -4.64. The Morgan fingerprint density at radius 1 is 1.15 bits per heavy atom. The van der Waals surface area contributed by atoms with Crippen molar-refractivity contribution in [2.24, 2.45) is 5.41 Å². The fraction of sp³-hybridized carbons (Fsp3) is 0.385. The molecule has 40 heavy (non-hydrogen) atoms. The number of pyridine rings is 1. The number of ketones is 2. The van der Waals surface area contributed by atoms with E-state index in [-0.39, 0.29) is 57.3 Å². The van der Waals surface area contributed by atoms with E-state index >= 15 is 0 Å². The van der Waals surface area contributed by atoms with Crippen LogP contribution in [0.4, 0.5) is 13.2 Å². The number of carbonyl (C=O) groups excluding carboxylic acids is 2. The molecule has 1 saturated heterocycles. The van der Waals surface area contributed by atoms with E-state index in [1.165, 1.54) is 24.4 Å². The fourth-order valence-electron chi connectivity index (χ4n) is 4.74. The Bertz CT molecular complexity index is 1580. The number of ether oxygens (including phenoxy) is 1. The number of sulfone groups is 1. The van der Waals surface area contributed by atoms with Crippen molar-refractivity contribution >= 4 is 44.6 Å². The second kappa shape index (κ2) is 11.1. The van der Waals surface area contributed by atoms with Gasteiger partial charge in [-0.2, -0.15) is 13.2 Å². The lowest BCUT2D eigenvalue weighted by Gasteiger charge is -2.40. The maximum absolute atomic E-state index is 13.6. The van der Waals surface area contributed by atoms with E-state index in [1.807, 2.05) is 6.92 Å². The van der Waals surface area contributed by atoms with Gasteiger partial charge in [-0.15, -0.1) is 5.10 Å². The molecular formula is C26H24Cl2F3N3O5S. The number of benzene rings is 1. The highest BCUT2D eigenvalue weighted by Gasteiger charge is 2.48. The molecule has 1 aliphatic heterocycles. The summed E-state index contributed by atoms with van der Waals surface area (Å²) in [6.45, 7) is 1.86. The summed E-state index contributed by atoms with van der Waals surface area (Å²) in [5, 5.41) is 4.32. The monoisotopic (exact) mass is 617 g/mol. The van der Waals surface area contributed by atoms with Gasteiger partial charge in [0.05, 0.1) is 16.5 Å². The molecule has 0 radical (unpaired) electrons. The van der Waals surface area contributed by atoms with Crippen molar-refractivity contribution < 1.29 is 35.9 Å². The standard InChI is InChI=1S/C26H24Cl2F3N3O5S/c1-3-25(13-40(37,38)14-25)11-22(36)18-8-16(27)7-15(2)17(18)9-21(35)20-10-23(39-12-26(29,30)31)33-34(20)24-19(28)5-4-6-32-24/h4-8,10H,3,9,11-14H2,1-2H3. The highest BCUT2D eigenvalue weighted by Crippen LogP contribution is 2.41. The van der Waals surface area contributed by atoms with E-state index < -0.39 is 39.7 Å². The van der Waals surface area contributed by atoms with Crippen molar-refractivity contribution in [2.45, 2.75) is 39.3 Å². The van der Waals surface area contributed by atoms with E-state index in [0.717, 1.165) is 10.7 Å². The lowest BCUT2D eigenvalue weighted by atomic mass is 9.80. The van der Waals surface area contributed by atoms with Crippen molar-refractivity contribution in [3.63, 3.8) is 0 Å². The molecule has 0 atom stereocenters. The summed E-state index contributed by atoms with van der Waals surface area (Å²) in [5.41, 5.74) is 0.204. The molecule has 0 saturated carbocycles. The van der Waals surface area contributed by atoms with E-state index in [4.69, 9.17) is 27.9 Å². The van der Waals surface area contributed by atoms with Gasteiger partial charge in [0.15, 0.2) is 33.8 Å². The number of rotatable bonds is 10. The molecule has 214 valence electrons. The first kappa shape index (κ1) is 30.0. The van der Waals surface area contributed by atoms with Crippen LogP contribution in [0.1, 0.15) is 51.7 Å². The summed E-state index contributed by atoms with van der Waals surface area (Å²) in [7, 11) is -3.20. The predicted octanol–water partition coefficient (Wildman–Crippen LogP) is 5.65. The summed E-state index contributed by atoms with van der Waals surface area (Å²) in [4.78, 5) is 31.1. The number of alkyl halides is 3. The fourth-order valence-corrected chi connectivity index (χ4v) is 7.61. The van der Waals surface area contributed by atoms with Crippen molar-refractivity contribution in [2.75, 3.05) is 18.1 Å². The van der Waals surface area contributed by atoms with E-state index in [2.05, 4.69) is 10.1 Å². The molecule has 0 bridgehead atoms. The van der Waals surface area contributed by atoms with Gasteiger partial charge in [0.1, 0.15) is 5.69 Å². The molecule has 0 amide bonds. The lowest BCUT2D eigenvalue weighted by Crippen LogP contribution is -2.49. The van der Waals surface area contributed by atoms with Gasteiger partial charge in [0.25, 0.3) is 0 Å². The zero-order valence-electron chi connectivity index (χ0n) is 21.4. The summed E-state index contributed by atoms with van der Waals surface area (Å²) in [6.07, 6.45) is -3.16. The Kier molecular flexibility index (Phi) is 8.35. The Hall–Kier alpha value is -2.96. The first-order chi connectivity index (χ1) is 18.6. The van der Waals surface area contributed by atoms with Crippen LogP contribution in [0.25, 0.3) is 5.82 Å². The van der Waals surface area contributed by atoms with E-state index in [1.54, 1.807) is 13.0 Å². The molecule has 3 aromatic rings. The number of carbonyl (C=O) groups is 2. The summed E-state index contributed by atoms with van der Waals surface area (Å²) in [5.74, 6) is -1.63. The summed E-state index contributed by atoms with van der Waals surface area (Å²) < 4.78 is 67.7.